The van der Waals surface area contributed by atoms with E-state index in [1.54, 1.807) is 6.92 Å². The number of rotatable bonds is 3. The quantitative estimate of drug-likeness (QED) is 0.703. The van der Waals surface area contributed by atoms with Crippen molar-refractivity contribution in [2.24, 2.45) is 17.1 Å². The number of alkyl halides is 2. The Bertz CT molecular complexity index is 179. The molecule has 72 valence electrons. The molecule has 0 bridgehead atoms. The third-order valence-corrected chi connectivity index (χ3v) is 3.04. The van der Waals surface area contributed by atoms with Crippen molar-refractivity contribution in [3.8, 4) is 0 Å². The summed E-state index contributed by atoms with van der Waals surface area (Å²) in [5, 5.41) is 0. The molecule has 1 rings (SSSR count). The summed E-state index contributed by atoms with van der Waals surface area (Å²) in [6, 6.07) is 0.0122. The topological polar surface area (TPSA) is 26.0 Å². The van der Waals surface area contributed by atoms with Crippen LogP contribution in [0.2, 0.25) is 0 Å². The van der Waals surface area contributed by atoms with E-state index >= 15 is 0 Å². The second-order valence-corrected chi connectivity index (χ2v) is 4.48. The van der Waals surface area contributed by atoms with Crippen LogP contribution in [-0.4, -0.2) is 12.0 Å². The van der Waals surface area contributed by atoms with Crippen molar-refractivity contribution in [1.29, 1.82) is 0 Å². The van der Waals surface area contributed by atoms with Crippen molar-refractivity contribution in [3.05, 3.63) is 0 Å². The minimum absolute atomic E-state index is 0.0122. The third-order valence-electron chi connectivity index (χ3n) is 3.04. The van der Waals surface area contributed by atoms with Gasteiger partial charge in [0.1, 0.15) is 0 Å². The van der Waals surface area contributed by atoms with Gasteiger partial charge in [-0.15, -0.1) is 0 Å². The molecule has 0 aromatic carbocycles. The first-order chi connectivity index (χ1) is 5.28. The van der Waals surface area contributed by atoms with Crippen LogP contribution in [-0.2, 0) is 0 Å². The maximum Gasteiger partial charge on any atom is 0.254 e. The number of hydrogen-bond acceptors (Lipinski definition) is 1. The van der Waals surface area contributed by atoms with Gasteiger partial charge in [-0.1, -0.05) is 13.8 Å². The van der Waals surface area contributed by atoms with E-state index in [0.29, 0.717) is 6.42 Å². The molecule has 2 N–H and O–H groups in total. The van der Waals surface area contributed by atoms with Gasteiger partial charge in [0.2, 0.25) is 0 Å². The van der Waals surface area contributed by atoms with Crippen LogP contribution >= 0.6 is 0 Å². The normalized spacial score (nSPS) is 37.5. The van der Waals surface area contributed by atoms with Crippen molar-refractivity contribution in [2.45, 2.75) is 45.6 Å². The zero-order valence-corrected chi connectivity index (χ0v) is 7.90. The predicted octanol–water partition coefficient (Wildman–Crippen LogP) is 2.41. The Hall–Kier alpha value is -0.180. The van der Waals surface area contributed by atoms with Gasteiger partial charge in [-0.25, -0.2) is 8.78 Å². The van der Waals surface area contributed by atoms with E-state index in [2.05, 4.69) is 0 Å². The van der Waals surface area contributed by atoms with Gasteiger partial charge in [-0.2, -0.15) is 0 Å². The molecule has 0 heterocycles. The molecule has 0 radical (unpaired) electrons. The molecule has 12 heavy (non-hydrogen) atoms. The molecule has 0 aromatic heterocycles. The highest BCUT2D eigenvalue weighted by atomic mass is 19.3. The van der Waals surface area contributed by atoms with Gasteiger partial charge in [-0.3, -0.25) is 0 Å². The Labute approximate surface area is 72.3 Å². The first-order valence-corrected chi connectivity index (χ1v) is 4.42. The maximum atomic E-state index is 12.8. The Morgan fingerprint density at radius 2 is 1.83 bits per heavy atom. The van der Waals surface area contributed by atoms with Gasteiger partial charge in [0.25, 0.3) is 5.92 Å². The molecule has 0 aromatic rings. The van der Waals surface area contributed by atoms with E-state index in [0.717, 1.165) is 0 Å². The van der Waals surface area contributed by atoms with Crippen LogP contribution in [0.15, 0.2) is 0 Å². The predicted molar refractivity (Wildman–Crippen MR) is 45.1 cm³/mol. The SMILES string of the molecule is CC(N)C(C)CC1(C)CC1(F)F. The lowest BCUT2D eigenvalue weighted by molar-refractivity contribution is 0.0602. The minimum Gasteiger partial charge on any atom is -0.328 e. The Morgan fingerprint density at radius 1 is 1.42 bits per heavy atom. The monoisotopic (exact) mass is 177 g/mol. The summed E-state index contributed by atoms with van der Waals surface area (Å²) < 4.78 is 25.5. The fraction of sp³-hybridized carbons (Fsp3) is 1.00. The highest BCUT2D eigenvalue weighted by Gasteiger charge is 2.67. The molecule has 1 saturated carbocycles. The largest absolute Gasteiger partial charge is 0.328 e. The number of hydrogen-bond donors (Lipinski definition) is 1. The molecular formula is C9H17F2N. The molecule has 1 fully saturated rings. The molecule has 1 aliphatic carbocycles. The second kappa shape index (κ2) is 2.66. The van der Waals surface area contributed by atoms with Gasteiger partial charge in [0.05, 0.1) is 0 Å². The average molecular weight is 177 g/mol. The summed E-state index contributed by atoms with van der Waals surface area (Å²) in [5.41, 5.74) is 4.85. The van der Waals surface area contributed by atoms with Crippen molar-refractivity contribution in [1.82, 2.24) is 0 Å². The van der Waals surface area contributed by atoms with Gasteiger partial charge in [0.15, 0.2) is 0 Å². The van der Waals surface area contributed by atoms with Crippen molar-refractivity contribution in [3.63, 3.8) is 0 Å². The van der Waals surface area contributed by atoms with Crippen LogP contribution in [0.1, 0.15) is 33.6 Å². The van der Waals surface area contributed by atoms with E-state index in [-0.39, 0.29) is 18.4 Å². The Kier molecular flexibility index (Phi) is 2.19. The Balaban J connectivity index is 2.44. The number of nitrogens with two attached hydrogens (primary N) is 1. The van der Waals surface area contributed by atoms with E-state index in [1.807, 2.05) is 13.8 Å². The molecule has 0 saturated heterocycles. The lowest BCUT2D eigenvalue weighted by Gasteiger charge is -2.19. The fourth-order valence-corrected chi connectivity index (χ4v) is 1.56. The molecule has 0 spiro atoms. The van der Waals surface area contributed by atoms with Gasteiger partial charge in [0, 0.05) is 17.9 Å². The van der Waals surface area contributed by atoms with Crippen LogP contribution in [0.4, 0.5) is 8.78 Å². The minimum atomic E-state index is -2.43. The van der Waals surface area contributed by atoms with Crippen LogP contribution < -0.4 is 5.73 Å². The first kappa shape index (κ1) is 9.90. The van der Waals surface area contributed by atoms with E-state index in [4.69, 9.17) is 5.73 Å². The van der Waals surface area contributed by atoms with Crippen molar-refractivity contribution >= 4 is 0 Å². The van der Waals surface area contributed by atoms with Crippen LogP contribution in [0.5, 0.6) is 0 Å². The smallest absolute Gasteiger partial charge is 0.254 e. The zero-order valence-electron chi connectivity index (χ0n) is 7.90. The molecule has 0 aliphatic heterocycles. The van der Waals surface area contributed by atoms with Crippen LogP contribution in [0.3, 0.4) is 0 Å². The molecule has 1 aliphatic rings. The maximum absolute atomic E-state index is 12.8. The first-order valence-electron chi connectivity index (χ1n) is 4.42. The standard InChI is InChI=1S/C9H17F2N/c1-6(7(2)12)4-8(3)5-9(8,10)11/h6-7H,4-5,12H2,1-3H3. The third kappa shape index (κ3) is 1.60. The molecule has 3 unspecified atom stereocenters. The fourth-order valence-electron chi connectivity index (χ4n) is 1.56. The molecule has 3 heteroatoms. The van der Waals surface area contributed by atoms with E-state index in [9.17, 15) is 8.78 Å². The van der Waals surface area contributed by atoms with E-state index in [1.165, 1.54) is 0 Å². The lowest BCUT2D eigenvalue weighted by Crippen LogP contribution is -2.27. The zero-order chi connectivity index (χ0) is 9.57. The number of halogens is 2. The van der Waals surface area contributed by atoms with Gasteiger partial charge in [-0.05, 0) is 19.3 Å². The summed E-state index contributed by atoms with van der Waals surface area (Å²) in [6.07, 6.45) is 0.578. The van der Waals surface area contributed by atoms with Crippen molar-refractivity contribution in [2.75, 3.05) is 0 Å². The Morgan fingerprint density at radius 3 is 2.08 bits per heavy atom. The van der Waals surface area contributed by atoms with Crippen LogP contribution in [0.25, 0.3) is 0 Å². The summed E-state index contributed by atoms with van der Waals surface area (Å²) >= 11 is 0. The van der Waals surface area contributed by atoms with Crippen LogP contribution in [0, 0.1) is 11.3 Å². The summed E-state index contributed by atoms with van der Waals surface area (Å²) in [4.78, 5) is 0. The summed E-state index contributed by atoms with van der Waals surface area (Å²) in [5.74, 6) is -2.25. The molecule has 3 atom stereocenters. The van der Waals surface area contributed by atoms with Gasteiger partial charge < -0.3 is 5.73 Å². The molecule has 0 amide bonds. The highest BCUT2D eigenvalue weighted by Crippen LogP contribution is 2.63. The van der Waals surface area contributed by atoms with E-state index < -0.39 is 11.3 Å². The molecular weight excluding hydrogens is 160 g/mol. The summed E-state index contributed by atoms with van der Waals surface area (Å²) in [6.45, 7) is 5.45. The van der Waals surface area contributed by atoms with Crippen molar-refractivity contribution < 1.29 is 8.78 Å². The average Bonchev–Trinajstić information content (AvgIpc) is 2.30. The lowest BCUT2D eigenvalue weighted by atomic mass is 9.90. The highest BCUT2D eigenvalue weighted by molar-refractivity contribution is 5.07. The second-order valence-electron chi connectivity index (χ2n) is 4.48. The molecule has 1 nitrogen and oxygen atoms in total. The summed E-state index contributed by atoms with van der Waals surface area (Å²) in [7, 11) is 0. The van der Waals surface area contributed by atoms with Gasteiger partial charge >= 0.3 is 0 Å².